The van der Waals surface area contributed by atoms with Crippen molar-refractivity contribution in [1.29, 1.82) is 0 Å². The predicted molar refractivity (Wildman–Crippen MR) is 200 cm³/mol. The van der Waals surface area contributed by atoms with Gasteiger partial charge in [0.15, 0.2) is 0 Å². The number of aromatic nitrogens is 4. The van der Waals surface area contributed by atoms with E-state index in [4.69, 9.17) is 0 Å². The number of aryl methyl sites for hydroxylation is 1. The van der Waals surface area contributed by atoms with E-state index in [0.717, 1.165) is 49.5 Å². The molecular weight excluding hydrogens is 625 g/mol. The third kappa shape index (κ3) is 3.93. The molecule has 0 amide bonds. The average molecular weight is 653 g/mol. The van der Waals surface area contributed by atoms with Crippen LogP contribution < -0.4 is 0 Å². The fourth-order valence-corrected chi connectivity index (χ4v) is 9.14. The molecule has 0 bridgehead atoms. The van der Waals surface area contributed by atoms with Crippen LogP contribution in [0.25, 0.3) is 76.8 Å². The van der Waals surface area contributed by atoms with Crippen LogP contribution in [0.15, 0.2) is 157 Å². The van der Waals surface area contributed by atoms with Crippen molar-refractivity contribution >= 4 is 75.4 Å². The van der Waals surface area contributed by atoms with Crippen molar-refractivity contribution in [2.24, 2.45) is 0 Å². The molecule has 6 aromatic carbocycles. The van der Waals surface area contributed by atoms with Crippen LogP contribution in [0.4, 0.5) is 0 Å². The molecular formula is C42H28N4O2S. The summed E-state index contributed by atoms with van der Waals surface area (Å²) in [6.07, 6.45) is 3.40. The Kier molecular flexibility index (Phi) is 5.78. The molecule has 0 aliphatic rings. The third-order valence-corrected chi connectivity index (χ3v) is 11.6. The number of rotatable bonds is 4. The van der Waals surface area contributed by atoms with Crippen LogP contribution in [-0.4, -0.2) is 26.5 Å². The molecule has 7 heteroatoms. The van der Waals surface area contributed by atoms with Gasteiger partial charge in [-0.3, -0.25) is 4.98 Å². The number of hydrogen-bond donors (Lipinski definition) is 0. The number of para-hydroxylation sites is 3. The van der Waals surface area contributed by atoms with Crippen molar-refractivity contribution < 1.29 is 8.42 Å². The van der Waals surface area contributed by atoms with Crippen LogP contribution in [-0.2, 0) is 10.0 Å². The molecule has 0 aliphatic carbocycles. The maximum absolute atomic E-state index is 14.1. The average Bonchev–Trinajstić information content (AvgIpc) is 3.77. The van der Waals surface area contributed by atoms with Crippen molar-refractivity contribution in [3.8, 4) is 11.4 Å². The zero-order chi connectivity index (χ0) is 32.9. The van der Waals surface area contributed by atoms with E-state index < -0.39 is 10.0 Å². The van der Waals surface area contributed by atoms with Crippen LogP contribution in [0, 0.1) is 6.92 Å². The minimum atomic E-state index is -3.88. The maximum Gasteiger partial charge on any atom is 0.268 e. The van der Waals surface area contributed by atoms with Crippen LogP contribution in [0.5, 0.6) is 0 Å². The van der Waals surface area contributed by atoms with Gasteiger partial charge in [-0.05, 0) is 79.7 Å². The first-order valence-electron chi connectivity index (χ1n) is 16.2. The lowest BCUT2D eigenvalue weighted by molar-refractivity contribution is 0.590. The van der Waals surface area contributed by atoms with Crippen LogP contribution in [0.3, 0.4) is 0 Å². The summed E-state index contributed by atoms with van der Waals surface area (Å²) in [4.78, 5) is 4.64. The molecule has 10 aromatic rings. The summed E-state index contributed by atoms with van der Waals surface area (Å²) in [6, 6.07) is 47.1. The summed E-state index contributed by atoms with van der Waals surface area (Å²) in [6.45, 7) is 1.95. The SMILES string of the molecule is Cc1ccc(S(=O)(=O)n2c3ccncc3c3cc(-n4c5ccccc5c5cc(-n6c7ccccc7c7ccccc76)ccc54)ccc32)cc1. The number of pyridine rings is 1. The molecule has 0 N–H and O–H groups in total. The van der Waals surface area contributed by atoms with Crippen molar-refractivity contribution in [1.82, 2.24) is 18.1 Å². The molecule has 234 valence electrons. The highest BCUT2D eigenvalue weighted by molar-refractivity contribution is 7.90. The zero-order valence-corrected chi connectivity index (χ0v) is 27.3. The van der Waals surface area contributed by atoms with Gasteiger partial charge in [0.2, 0.25) is 0 Å². The molecule has 0 saturated carbocycles. The molecule has 0 radical (unpaired) electrons. The van der Waals surface area contributed by atoms with E-state index in [0.29, 0.717) is 11.0 Å². The Morgan fingerprint density at radius 1 is 0.469 bits per heavy atom. The number of benzene rings is 6. The smallest absolute Gasteiger partial charge is 0.268 e. The van der Waals surface area contributed by atoms with Crippen molar-refractivity contribution in [3.05, 3.63) is 157 Å². The highest BCUT2D eigenvalue weighted by Crippen LogP contribution is 2.39. The van der Waals surface area contributed by atoms with E-state index in [9.17, 15) is 8.42 Å². The Labute approximate surface area is 281 Å². The van der Waals surface area contributed by atoms with Gasteiger partial charge in [-0.15, -0.1) is 0 Å². The topological polar surface area (TPSA) is 61.8 Å². The Morgan fingerprint density at radius 3 is 1.53 bits per heavy atom. The van der Waals surface area contributed by atoms with Crippen LogP contribution >= 0.6 is 0 Å². The standard InChI is InChI=1S/C42H28N4O2S/c1-27-14-18-30(19-15-27)49(47,48)46-41-21-17-29(25-35(41)36-26-43-23-22-42(36)46)45-39-13-7-4-10-33(39)34-24-28(16-20-40(34)45)44-37-11-5-2-8-31(37)32-9-3-6-12-38(32)44/h2-26H,1H3. The summed E-state index contributed by atoms with van der Waals surface area (Å²) in [5.74, 6) is 0. The lowest BCUT2D eigenvalue weighted by Crippen LogP contribution is -2.12. The fourth-order valence-electron chi connectivity index (χ4n) is 7.61. The van der Waals surface area contributed by atoms with Crippen LogP contribution in [0.1, 0.15) is 5.56 Å². The Morgan fingerprint density at radius 2 is 0.939 bits per heavy atom. The summed E-state index contributed by atoms with van der Waals surface area (Å²) >= 11 is 0. The molecule has 0 unspecified atom stereocenters. The fraction of sp³-hybridized carbons (Fsp3) is 0.0238. The summed E-state index contributed by atoms with van der Waals surface area (Å²) in [5.41, 5.74) is 8.73. The van der Waals surface area contributed by atoms with E-state index in [1.165, 1.54) is 25.8 Å². The second-order valence-corrected chi connectivity index (χ2v) is 14.4. The molecule has 4 aromatic heterocycles. The van der Waals surface area contributed by atoms with E-state index in [1.54, 1.807) is 30.6 Å². The zero-order valence-electron chi connectivity index (χ0n) is 26.4. The quantitative estimate of drug-likeness (QED) is 0.190. The van der Waals surface area contributed by atoms with Gasteiger partial charge in [0.25, 0.3) is 10.0 Å². The summed E-state index contributed by atoms with van der Waals surface area (Å²) < 4.78 is 34.3. The van der Waals surface area contributed by atoms with Gasteiger partial charge < -0.3 is 9.13 Å². The molecule has 49 heavy (non-hydrogen) atoms. The van der Waals surface area contributed by atoms with Gasteiger partial charge in [-0.2, -0.15) is 0 Å². The summed E-state index contributed by atoms with van der Waals surface area (Å²) in [5, 5.41) is 6.35. The first kappa shape index (κ1) is 27.9. The van der Waals surface area contributed by atoms with Gasteiger partial charge in [0, 0.05) is 56.1 Å². The lowest BCUT2D eigenvalue weighted by Gasteiger charge is -2.12. The first-order valence-corrected chi connectivity index (χ1v) is 17.7. The van der Waals surface area contributed by atoms with E-state index >= 15 is 0 Å². The predicted octanol–water partition coefficient (Wildman–Crippen LogP) is 9.93. The molecule has 0 spiro atoms. The molecule has 0 fully saturated rings. The maximum atomic E-state index is 14.1. The second-order valence-electron chi connectivity index (χ2n) is 12.6. The highest BCUT2D eigenvalue weighted by atomic mass is 32.2. The van der Waals surface area contributed by atoms with Gasteiger partial charge in [-0.1, -0.05) is 72.3 Å². The Bertz CT molecular complexity index is 3020. The molecule has 0 atom stereocenters. The number of nitrogens with zero attached hydrogens (tertiary/aromatic N) is 4. The normalized spacial score (nSPS) is 12.3. The summed E-state index contributed by atoms with van der Waals surface area (Å²) in [7, 11) is -3.88. The van der Waals surface area contributed by atoms with Crippen molar-refractivity contribution in [2.45, 2.75) is 11.8 Å². The van der Waals surface area contributed by atoms with E-state index in [-0.39, 0.29) is 4.90 Å². The second kappa shape index (κ2) is 10.2. The van der Waals surface area contributed by atoms with Crippen LogP contribution in [0.2, 0.25) is 0 Å². The van der Waals surface area contributed by atoms with Gasteiger partial charge in [0.1, 0.15) is 0 Å². The van der Waals surface area contributed by atoms with E-state index in [1.807, 2.05) is 31.2 Å². The Hall–Kier alpha value is -6.18. The third-order valence-electron chi connectivity index (χ3n) is 9.82. The molecule has 0 aliphatic heterocycles. The number of hydrogen-bond acceptors (Lipinski definition) is 3. The minimum absolute atomic E-state index is 0.249. The van der Waals surface area contributed by atoms with Gasteiger partial charge >= 0.3 is 0 Å². The molecule has 10 rings (SSSR count). The van der Waals surface area contributed by atoms with Gasteiger partial charge in [-0.25, -0.2) is 12.4 Å². The Balaban J connectivity index is 1.22. The molecule has 6 nitrogen and oxygen atoms in total. The first-order chi connectivity index (χ1) is 24.0. The van der Waals surface area contributed by atoms with E-state index in [2.05, 4.69) is 111 Å². The minimum Gasteiger partial charge on any atom is -0.309 e. The van der Waals surface area contributed by atoms with Crippen molar-refractivity contribution in [2.75, 3.05) is 0 Å². The monoisotopic (exact) mass is 652 g/mol. The largest absolute Gasteiger partial charge is 0.309 e. The van der Waals surface area contributed by atoms with Gasteiger partial charge in [0.05, 0.1) is 38.0 Å². The number of fused-ring (bicyclic) bond motifs is 9. The highest BCUT2D eigenvalue weighted by Gasteiger charge is 2.24. The lowest BCUT2D eigenvalue weighted by atomic mass is 10.1. The molecule has 0 saturated heterocycles. The van der Waals surface area contributed by atoms with Crippen molar-refractivity contribution in [3.63, 3.8) is 0 Å². The molecule has 4 heterocycles.